The van der Waals surface area contributed by atoms with Gasteiger partial charge in [0.25, 0.3) is 0 Å². The van der Waals surface area contributed by atoms with Crippen LogP contribution in [0.15, 0.2) is 36.4 Å². The van der Waals surface area contributed by atoms with Gasteiger partial charge in [-0.2, -0.15) is 18.4 Å². The molecule has 0 bridgehead atoms. The lowest BCUT2D eigenvalue weighted by atomic mass is 9.93. The maximum absolute atomic E-state index is 14.2. The van der Waals surface area contributed by atoms with Gasteiger partial charge in [0.15, 0.2) is 0 Å². The van der Waals surface area contributed by atoms with E-state index >= 15 is 0 Å². The van der Waals surface area contributed by atoms with Crippen molar-refractivity contribution in [2.45, 2.75) is 31.1 Å². The Balaban J connectivity index is 1.51. The first-order valence-corrected chi connectivity index (χ1v) is 13.4. The van der Waals surface area contributed by atoms with Gasteiger partial charge in [-0.25, -0.2) is 9.18 Å². The van der Waals surface area contributed by atoms with E-state index in [1.54, 1.807) is 17.0 Å². The number of hydrogen-bond donors (Lipinski definition) is 0. The zero-order valence-electron chi connectivity index (χ0n) is 21.4. The molecular formula is C27H29Cl2F4N5O. The molecule has 0 spiro atoms. The molecule has 6 nitrogen and oxygen atoms in total. The first-order chi connectivity index (χ1) is 18.5. The molecule has 0 aromatic heterocycles. The molecule has 2 aliphatic heterocycles. The minimum atomic E-state index is -4.76. The van der Waals surface area contributed by atoms with Crippen LogP contribution in [0.4, 0.5) is 22.4 Å². The fourth-order valence-corrected chi connectivity index (χ4v) is 5.63. The Bertz CT molecular complexity index is 1230. The molecule has 39 heavy (non-hydrogen) atoms. The summed E-state index contributed by atoms with van der Waals surface area (Å²) < 4.78 is 53.3. The van der Waals surface area contributed by atoms with Crippen molar-refractivity contribution in [3.8, 4) is 6.07 Å². The number of urea groups is 1. The van der Waals surface area contributed by atoms with Crippen LogP contribution in [-0.4, -0.2) is 84.5 Å². The minimum absolute atomic E-state index is 0.0866. The molecule has 2 saturated heterocycles. The predicted octanol–water partition coefficient (Wildman–Crippen LogP) is 5.70. The highest BCUT2D eigenvalue weighted by Crippen LogP contribution is 2.36. The monoisotopic (exact) mass is 585 g/mol. The molecule has 2 heterocycles. The van der Waals surface area contributed by atoms with Crippen molar-refractivity contribution in [1.29, 1.82) is 5.26 Å². The molecule has 2 aromatic rings. The molecule has 2 aliphatic rings. The third kappa shape index (κ3) is 6.95. The fourth-order valence-electron chi connectivity index (χ4n) is 5.32. The number of alkyl halides is 3. The predicted molar refractivity (Wildman–Crippen MR) is 141 cm³/mol. The summed E-state index contributed by atoms with van der Waals surface area (Å²) in [5.74, 6) is -1.46. The van der Waals surface area contributed by atoms with Crippen molar-refractivity contribution in [2.75, 3.05) is 52.9 Å². The third-order valence-corrected chi connectivity index (χ3v) is 8.19. The van der Waals surface area contributed by atoms with Crippen LogP contribution in [0.5, 0.6) is 0 Å². The normalized spacial score (nSPS) is 20.5. The van der Waals surface area contributed by atoms with Crippen molar-refractivity contribution >= 4 is 29.2 Å². The van der Waals surface area contributed by atoms with Crippen LogP contribution < -0.4 is 0 Å². The Morgan fingerprint density at radius 3 is 2.38 bits per heavy atom. The molecule has 0 N–H and O–H groups in total. The van der Waals surface area contributed by atoms with Crippen LogP contribution in [0.3, 0.4) is 0 Å². The molecule has 0 saturated carbocycles. The number of nitriles is 1. The lowest BCUT2D eigenvalue weighted by Gasteiger charge is -2.36. The van der Waals surface area contributed by atoms with Crippen LogP contribution in [0, 0.1) is 17.1 Å². The lowest BCUT2D eigenvalue weighted by Crippen LogP contribution is -2.52. The Morgan fingerprint density at radius 1 is 1.05 bits per heavy atom. The highest BCUT2D eigenvalue weighted by Gasteiger charge is 2.40. The number of carbonyl (C=O) groups is 1. The largest absolute Gasteiger partial charge is 0.419 e. The number of rotatable bonds is 6. The standard InChI is InChI=1S/C27H29Cl2F4N5O/c1-35(15-18-3-5-21(24(30)13-18)27(31,32)33)25-17-38(16-20(25)19-4-6-22(28)23(29)14-19)26(39)37-11-9-36(10-12-37)8-2-7-34/h3-6,13-14,20,25H,2,8-12,15-17H2,1H3/t20-,25?/m1/s1. The Hall–Kier alpha value is -2.58. The number of amides is 2. The number of carbonyl (C=O) groups excluding carboxylic acids is 1. The first kappa shape index (κ1) is 29.4. The van der Waals surface area contributed by atoms with E-state index in [2.05, 4.69) is 11.0 Å². The van der Waals surface area contributed by atoms with Gasteiger partial charge in [0, 0.05) is 70.7 Å². The fraction of sp³-hybridized carbons (Fsp3) is 0.481. The molecule has 2 amide bonds. The number of nitrogens with zero attached hydrogens (tertiary/aromatic N) is 5. The van der Waals surface area contributed by atoms with Crippen LogP contribution in [0.25, 0.3) is 0 Å². The molecular weight excluding hydrogens is 557 g/mol. The summed E-state index contributed by atoms with van der Waals surface area (Å²) in [6.45, 7) is 4.18. The molecule has 2 fully saturated rings. The van der Waals surface area contributed by atoms with Crippen molar-refractivity contribution in [3.63, 3.8) is 0 Å². The van der Waals surface area contributed by atoms with Crippen molar-refractivity contribution in [1.82, 2.24) is 19.6 Å². The average Bonchev–Trinajstić information content (AvgIpc) is 3.34. The van der Waals surface area contributed by atoms with E-state index in [1.807, 2.05) is 22.9 Å². The molecule has 210 valence electrons. The van der Waals surface area contributed by atoms with Gasteiger partial charge in [-0.15, -0.1) is 0 Å². The molecule has 2 aromatic carbocycles. The Morgan fingerprint density at radius 2 is 1.77 bits per heavy atom. The summed E-state index contributed by atoms with van der Waals surface area (Å²) in [6, 6.07) is 10.1. The number of halogens is 6. The average molecular weight is 586 g/mol. The summed E-state index contributed by atoms with van der Waals surface area (Å²) >= 11 is 12.4. The molecule has 12 heteroatoms. The van der Waals surface area contributed by atoms with Gasteiger partial charge < -0.3 is 9.80 Å². The number of hydrogen-bond acceptors (Lipinski definition) is 4. The van der Waals surface area contributed by atoms with E-state index in [-0.39, 0.29) is 24.5 Å². The van der Waals surface area contributed by atoms with Crippen molar-refractivity contribution in [2.24, 2.45) is 0 Å². The Labute approximate surface area is 235 Å². The Kier molecular flexibility index (Phi) is 9.27. The van der Waals surface area contributed by atoms with E-state index in [0.717, 1.165) is 17.7 Å². The molecule has 0 aliphatic carbocycles. The topological polar surface area (TPSA) is 53.8 Å². The number of benzene rings is 2. The van der Waals surface area contributed by atoms with Gasteiger partial charge in [-0.1, -0.05) is 35.3 Å². The molecule has 0 radical (unpaired) electrons. The number of likely N-dealkylation sites (tertiary alicyclic amines) is 1. The summed E-state index contributed by atoms with van der Waals surface area (Å²) in [6.07, 6.45) is -4.32. The van der Waals surface area contributed by atoms with E-state index in [0.29, 0.717) is 67.8 Å². The van der Waals surface area contributed by atoms with Gasteiger partial charge in [-0.05, 0) is 42.4 Å². The summed E-state index contributed by atoms with van der Waals surface area (Å²) in [5, 5.41) is 9.62. The highest BCUT2D eigenvalue weighted by molar-refractivity contribution is 6.42. The third-order valence-electron chi connectivity index (χ3n) is 7.45. The maximum Gasteiger partial charge on any atom is 0.419 e. The van der Waals surface area contributed by atoms with E-state index in [1.165, 1.54) is 6.07 Å². The maximum atomic E-state index is 14.2. The quantitative estimate of drug-likeness (QED) is 0.408. The second-order valence-electron chi connectivity index (χ2n) is 10.00. The first-order valence-electron chi connectivity index (χ1n) is 12.6. The van der Waals surface area contributed by atoms with E-state index in [9.17, 15) is 22.4 Å². The summed E-state index contributed by atoms with van der Waals surface area (Å²) in [7, 11) is 1.81. The van der Waals surface area contributed by atoms with Crippen molar-refractivity contribution in [3.05, 3.63) is 69.0 Å². The van der Waals surface area contributed by atoms with Gasteiger partial charge in [-0.3, -0.25) is 9.80 Å². The summed E-state index contributed by atoms with van der Waals surface area (Å²) in [5.41, 5.74) is -0.0152. The van der Waals surface area contributed by atoms with Gasteiger partial charge >= 0.3 is 12.2 Å². The SMILES string of the molecule is CN(Cc1ccc(C(F)(F)F)c(F)c1)C1CN(C(=O)N2CCN(CCC#N)CC2)C[C@@H]1c1ccc(Cl)c(Cl)c1. The van der Waals surface area contributed by atoms with Gasteiger partial charge in [0.2, 0.25) is 0 Å². The van der Waals surface area contributed by atoms with Crippen LogP contribution in [0.2, 0.25) is 10.0 Å². The molecule has 1 unspecified atom stereocenters. The van der Waals surface area contributed by atoms with Gasteiger partial charge in [0.05, 0.1) is 21.7 Å². The lowest BCUT2D eigenvalue weighted by molar-refractivity contribution is -0.140. The van der Waals surface area contributed by atoms with Gasteiger partial charge in [0.1, 0.15) is 5.82 Å². The summed E-state index contributed by atoms with van der Waals surface area (Å²) in [4.78, 5) is 21.2. The van der Waals surface area contributed by atoms with E-state index in [4.69, 9.17) is 28.5 Å². The van der Waals surface area contributed by atoms with E-state index < -0.39 is 17.6 Å². The second kappa shape index (κ2) is 12.3. The molecule has 2 atom stereocenters. The number of piperazine rings is 1. The molecule has 4 rings (SSSR count). The zero-order chi connectivity index (χ0) is 28.3. The van der Waals surface area contributed by atoms with Crippen LogP contribution in [0.1, 0.15) is 29.0 Å². The minimum Gasteiger partial charge on any atom is -0.322 e. The van der Waals surface area contributed by atoms with Crippen molar-refractivity contribution < 1.29 is 22.4 Å². The van der Waals surface area contributed by atoms with Crippen LogP contribution >= 0.6 is 23.2 Å². The smallest absolute Gasteiger partial charge is 0.322 e. The second-order valence-corrected chi connectivity index (χ2v) is 10.8. The van der Waals surface area contributed by atoms with Crippen LogP contribution in [-0.2, 0) is 12.7 Å². The highest BCUT2D eigenvalue weighted by atomic mass is 35.5. The number of likely N-dealkylation sites (N-methyl/N-ethyl adjacent to an activating group) is 1. The zero-order valence-corrected chi connectivity index (χ0v) is 22.9.